The van der Waals surface area contributed by atoms with Crippen LogP contribution < -0.4 is 10.1 Å². The third kappa shape index (κ3) is 3.44. The molecule has 1 aliphatic rings. The number of anilines is 1. The summed E-state index contributed by atoms with van der Waals surface area (Å²) >= 11 is 0. The number of benzene rings is 1. The van der Waals surface area contributed by atoms with E-state index in [2.05, 4.69) is 5.32 Å². The number of para-hydroxylation sites is 1. The van der Waals surface area contributed by atoms with E-state index in [4.69, 9.17) is 9.47 Å². The van der Waals surface area contributed by atoms with Crippen molar-refractivity contribution in [3.8, 4) is 5.75 Å². The monoisotopic (exact) mass is 294 g/mol. The fourth-order valence-corrected chi connectivity index (χ4v) is 2.46. The van der Waals surface area contributed by atoms with Crippen LogP contribution in [0, 0.1) is 10.1 Å². The molecule has 116 valence electrons. The molecule has 1 N–H and O–H groups in total. The number of rotatable bonds is 8. The van der Waals surface area contributed by atoms with Crippen LogP contribution in [0.25, 0.3) is 0 Å². The van der Waals surface area contributed by atoms with Crippen LogP contribution >= 0.6 is 0 Å². The van der Waals surface area contributed by atoms with Gasteiger partial charge in [0.1, 0.15) is 5.69 Å². The van der Waals surface area contributed by atoms with E-state index < -0.39 is 4.92 Å². The molecule has 21 heavy (non-hydrogen) atoms. The van der Waals surface area contributed by atoms with E-state index in [9.17, 15) is 10.1 Å². The fourth-order valence-electron chi connectivity index (χ4n) is 2.46. The van der Waals surface area contributed by atoms with Gasteiger partial charge >= 0.3 is 5.69 Å². The normalized spacial score (nSPS) is 16.1. The van der Waals surface area contributed by atoms with E-state index in [1.807, 2.05) is 6.92 Å². The second kappa shape index (κ2) is 6.76. The molecule has 0 spiro atoms. The SMILES string of the molecule is CCCOc1cccc(NCC2(OC)CCC2)c1[N+](=O)[O-]. The second-order valence-corrected chi connectivity index (χ2v) is 5.35. The molecule has 1 aliphatic carbocycles. The molecule has 1 fully saturated rings. The van der Waals surface area contributed by atoms with Crippen LogP contribution in [0.1, 0.15) is 32.6 Å². The molecule has 1 aromatic carbocycles. The van der Waals surface area contributed by atoms with Gasteiger partial charge in [-0.2, -0.15) is 0 Å². The first kappa shape index (κ1) is 15.6. The minimum absolute atomic E-state index is 0.00322. The van der Waals surface area contributed by atoms with Crippen molar-refractivity contribution in [2.75, 3.05) is 25.6 Å². The maximum Gasteiger partial charge on any atom is 0.333 e. The summed E-state index contributed by atoms with van der Waals surface area (Å²) in [6.07, 6.45) is 3.91. The highest BCUT2D eigenvalue weighted by Gasteiger charge is 2.37. The molecule has 6 heteroatoms. The Morgan fingerprint density at radius 2 is 2.19 bits per heavy atom. The Morgan fingerprint density at radius 3 is 2.71 bits per heavy atom. The minimum atomic E-state index is -0.395. The Balaban J connectivity index is 2.16. The molecule has 6 nitrogen and oxygen atoms in total. The number of nitrogens with zero attached hydrogens (tertiary/aromatic N) is 1. The number of hydrogen-bond donors (Lipinski definition) is 1. The summed E-state index contributed by atoms with van der Waals surface area (Å²) in [5.74, 6) is 0.312. The molecule has 0 radical (unpaired) electrons. The molecule has 0 unspecified atom stereocenters. The summed E-state index contributed by atoms with van der Waals surface area (Å²) in [4.78, 5) is 10.9. The van der Waals surface area contributed by atoms with Gasteiger partial charge in [0.05, 0.1) is 17.1 Å². The summed E-state index contributed by atoms with van der Waals surface area (Å²) in [6, 6.07) is 5.11. The Morgan fingerprint density at radius 1 is 1.43 bits per heavy atom. The topological polar surface area (TPSA) is 73.6 Å². The zero-order valence-electron chi connectivity index (χ0n) is 12.6. The molecule has 0 aliphatic heterocycles. The van der Waals surface area contributed by atoms with Gasteiger partial charge in [-0.1, -0.05) is 13.0 Å². The standard InChI is InChI=1S/C15H22N2O4/c1-3-10-21-13-7-4-6-12(14(13)17(18)19)16-11-15(20-2)8-5-9-15/h4,6-7,16H,3,5,8-11H2,1-2H3. The predicted octanol–water partition coefficient (Wildman–Crippen LogP) is 3.36. The van der Waals surface area contributed by atoms with E-state index >= 15 is 0 Å². The van der Waals surface area contributed by atoms with Crippen LogP contribution in [-0.2, 0) is 4.74 Å². The predicted molar refractivity (Wildman–Crippen MR) is 81.0 cm³/mol. The van der Waals surface area contributed by atoms with Gasteiger partial charge in [-0.05, 0) is 37.8 Å². The zero-order valence-corrected chi connectivity index (χ0v) is 12.6. The Bertz CT molecular complexity index is 495. The second-order valence-electron chi connectivity index (χ2n) is 5.35. The van der Waals surface area contributed by atoms with Crippen LogP contribution in [0.2, 0.25) is 0 Å². The van der Waals surface area contributed by atoms with Gasteiger partial charge in [-0.3, -0.25) is 10.1 Å². The number of nitrogens with one attached hydrogen (secondary N) is 1. The van der Waals surface area contributed by atoms with Crippen molar-refractivity contribution in [2.45, 2.75) is 38.2 Å². The molecule has 0 amide bonds. The Labute approximate surface area is 124 Å². The molecule has 0 atom stereocenters. The van der Waals surface area contributed by atoms with Crippen molar-refractivity contribution >= 4 is 11.4 Å². The molecule has 0 aromatic heterocycles. The van der Waals surface area contributed by atoms with Crippen molar-refractivity contribution in [1.29, 1.82) is 0 Å². The molecular weight excluding hydrogens is 272 g/mol. The maximum atomic E-state index is 11.3. The molecule has 1 aromatic rings. The number of nitro groups is 1. The van der Waals surface area contributed by atoms with Gasteiger partial charge in [0.2, 0.25) is 0 Å². The molecule has 0 heterocycles. The number of methoxy groups -OCH3 is 1. The summed E-state index contributed by atoms with van der Waals surface area (Å²) in [7, 11) is 1.69. The first-order valence-electron chi connectivity index (χ1n) is 7.31. The molecule has 0 saturated heterocycles. The van der Waals surface area contributed by atoms with E-state index in [0.29, 0.717) is 24.6 Å². The van der Waals surface area contributed by atoms with Crippen LogP contribution in [0.3, 0.4) is 0 Å². The third-order valence-electron chi connectivity index (χ3n) is 3.94. The van der Waals surface area contributed by atoms with E-state index in [1.165, 1.54) is 0 Å². The van der Waals surface area contributed by atoms with Crippen LogP contribution in [0.4, 0.5) is 11.4 Å². The highest BCUT2D eigenvalue weighted by atomic mass is 16.6. The smallest absolute Gasteiger partial charge is 0.333 e. The zero-order chi connectivity index (χ0) is 15.3. The fraction of sp³-hybridized carbons (Fsp3) is 0.600. The average Bonchev–Trinajstić information content (AvgIpc) is 2.44. The average molecular weight is 294 g/mol. The van der Waals surface area contributed by atoms with Gasteiger partial charge in [0, 0.05) is 13.7 Å². The molecule has 2 rings (SSSR count). The summed E-state index contributed by atoms with van der Waals surface area (Å²) in [6.45, 7) is 3.00. The van der Waals surface area contributed by atoms with Crippen molar-refractivity contribution < 1.29 is 14.4 Å². The summed E-state index contributed by atoms with van der Waals surface area (Å²) in [5, 5.41) is 14.5. The van der Waals surface area contributed by atoms with Crippen LogP contribution in [-0.4, -0.2) is 30.8 Å². The lowest BCUT2D eigenvalue weighted by Crippen LogP contribution is -2.45. The minimum Gasteiger partial charge on any atom is -0.487 e. The van der Waals surface area contributed by atoms with Crippen molar-refractivity contribution in [2.24, 2.45) is 0 Å². The summed E-state index contributed by atoms with van der Waals surface area (Å²) < 4.78 is 11.0. The first-order valence-corrected chi connectivity index (χ1v) is 7.31. The molecular formula is C15H22N2O4. The van der Waals surface area contributed by atoms with Gasteiger partial charge in [-0.15, -0.1) is 0 Å². The third-order valence-corrected chi connectivity index (χ3v) is 3.94. The van der Waals surface area contributed by atoms with Crippen molar-refractivity contribution in [3.63, 3.8) is 0 Å². The van der Waals surface area contributed by atoms with Gasteiger partial charge in [0.25, 0.3) is 0 Å². The van der Waals surface area contributed by atoms with Gasteiger partial charge in [-0.25, -0.2) is 0 Å². The lowest BCUT2D eigenvalue weighted by atomic mass is 9.80. The van der Waals surface area contributed by atoms with Crippen molar-refractivity contribution in [1.82, 2.24) is 0 Å². The first-order chi connectivity index (χ1) is 10.1. The number of hydrogen-bond acceptors (Lipinski definition) is 5. The van der Waals surface area contributed by atoms with Gasteiger partial charge in [0.15, 0.2) is 5.75 Å². The highest BCUT2D eigenvalue weighted by molar-refractivity contribution is 5.68. The highest BCUT2D eigenvalue weighted by Crippen LogP contribution is 2.38. The Hall–Kier alpha value is -1.82. The Kier molecular flexibility index (Phi) is 5.01. The van der Waals surface area contributed by atoms with Crippen LogP contribution in [0.5, 0.6) is 5.75 Å². The number of ether oxygens (including phenoxy) is 2. The van der Waals surface area contributed by atoms with Crippen LogP contribution in [0.15, 0.2) is 18.2 Å². The van der Waals surface area contributed by atoms with E-state index in [-0.39, 0.29) is 11.3 Å². The quantitative estimate of drug-likeness (QED) is 0.588. The van der Waals surface area contributed by atoms with Gasteiger partial charge < -0.3 is 14.8 Å². The lowest BCUT2D eigenvalue weighted by Gasteiger charge is -2.40. The number of nitro benzene ring substituents is 1. The summed E-state index contributed by atoms with van der Waals surface area (Å²) in [5.41, 5.74) is 0.294. The van der Waals surface area contributed by atoms with Crippen molar-refractivity contribution in [3.05, 3.63) is 28.3 Å². The molecule has 0 bridgehead atoms. The van der Waals surface area contributed by atoms with E-state index in [0.717, 1.165) is 25.7 Å². The maximum absolute atomic E-state index is 11.3. The largest absolute Gasteiger partial charge is 0.487 e. The molecule has 1 saturated carbocycles. The lowest BCUT2D eigenvalue weighted by molar-refractivity contribution is -0.385. The van der Waals surface area contributed by atoms with E-state index in [1.54, 1.807) is 25.3 Å².